The molecule has 0 bridgehead atoms. The Morgan fingerprint density at radius 2 is 1.79 bits per heavy atom. The van der Waals surface area contributed by atoms with E-state index in [-0.39, 0.29) is 31.1 Å². The molecule has 0 aliphatic heterocycles. The summed E-state index contributed by atoms with van der Waals surface area (Å²) in [5, 5.41) is 4.59. The number of methoxy groups -OCH3 is 1. The Morgan fingerprint density at radius 3 is 2.42 bits per heavy atom. The topological polar surface area (TPSA) is 110 Å². The van der Waals surface area contributed by atoms with Crippen molar-refractivity contribution in [2.24, 2.45) is 5.41 Å². The minimum atomic E-state index is -1.26. The highest BCUT2D eigenvalue weighted by Gasteiger charge is 2.30. The Balaban J connectivity index is 1.50. The van der Waals surface area contributed by atoms with E-state index in [0.717, 1.165) is 22.7 Å². The van der Waals surface area contributed by atoms with Gasteiger partial charge in [-0.1, -0.05) is 25.7 Å². The number of carbonyl (C=O) groups is 1. The number of aryl methyl sites for hydroxylation is 1. The standard InChI is InChI=1S/C31H38FN5O5Si/c1-21-16-27(41-19-31(2,3)29(38)39-4)34-18-25(21)22-8-13-26(33-17-22)28-35-30(42-24-11-9-23(32)10-12-24)37(36-28)20-40-14-15-43(5,6)7/h8-13,16-18H,14-15,19-20H2,1-7H3. The first-order valence-corrected chi connectivity index (χ1v) is 17.7. The van der Waals surface area contributed by atoms with Crippen molar-refractivity contribution in [3.8, 4) is 40.3 Å². The smallest absolute Gasteiger partial charge is 0.323 e. The monoisotopic (exact) mass is 607 g/mol. The van der Waals surface area contributed by atoms with Crippen LogP contribution in [0.1, 0.15) is 19.4 Å². The van der Waals surface area contributed by atoms with Crippen LogP contribution < -0.4 is 9.47 Å². The maximum absolute atomic E-state index is 13.4. The zero-order valence-corrected chi connectivity index (χ0v) is 26.7. The highest BCUT2D eigenvalue weighted by molar-refractivity contribution is 6.76. The van der Waals surface area contributed by atoms with E-state index < -0.39 is 13.5 Å². The molecule has 0 saturated heterocycles. The zero-order valence-electron chi connectivity index (χ0n) is 25.7. The van der Waals surface area contributed by atoms with Gasteiger partial charge in [-0.3, -0.25) is 9.78 Å². The number of carbonyl (C=O) groups excluding carboxylic acids is 1. The molecule has 3 aromatic heterocycles. The summed E-state index contributed by atoms with van der Waals surface area (Å²) in [7, 11) is 0.0983. The van der Waals surface area contributed by atoms with E-state index in [1.807, 2.05) is 25.1 Å². The summed E-state index contributed by atoms with van der Waals surface area (Å²) in [4.78, 5) is 25.5. The van der Waals surface area contributed by atoms with Gasteiger partial charge in [-0.2, -0.15) is 9.67 Å². The van der Waals surface area contributed by atoms with Gasteiger partial charge < -0.3 is 18.9 Å². The van der Waals surface area contributed by atoms with Crippen molar-refractivity contribution in [1.29, 1.82) is 0 Å². The Kier molecular flexibility index (Phi) is 9.92. The molecule has 43 heavy (non-hydrogen) atoms. The van der Waals surface area contributed by atoms with Crippen molar-refractivity contribution in [2.45, 2.75) is 53.2 Å². The van der Waals surface area contributed by atoms with Crippen LogP contribution in [0.2, 0.25) is 25.7 Å². The number of hydrogen-bond donors (Lipinski definition) is 0. The molecule has 12 heteroatoms. The average molecular weight is 608 g/mol. The van der Waals surface area contributed by atoms with Crippen molar-refractivity contribution in [1.82, 2.24) is 24.7 Å². The summed E-state index contributed by atoms with van der Waals surface area (Å²) < 4.78 is 37.4. The fourth-order valence-electron chi connectivity index (χ4n) is 3.92. The van der Waals surface area contributed by atoms with E-state index in [4.69, 9.17) is 18.9 Å². The lowest BCUT2D eigenvalue weighted by Gasteiger charge is -2.21. The fraction of sp³-hybridized carbons (Fsp3) is 0.387. The number of benzene rings is 1. The first-order valence-electron chi connectivity index (χ1n) is 14.0. The molecule has 0 aliphatic carbocycles. The number of nitrogens with zero attached hydrogens (tertiary/aromatic N) is 5. The molecule has 0 saturated carbocycles. The predicted octanol–water partition coefficient (Wildman–Crippen LogP) is 6.53. The molecular formula is C31H38FN5O5Si. The van der Waals surface area contributed by atoms with Crippen molar-refractivity contribution < 1.29 is 28.1 Å². The number of hydrogen-bond acceptors (Lipinski definition) is 9. The molecule has 0 fully saturated rings. The van der Waals surface area contributed by atoms with Gasteiger partial charge in [0.25, 0.3) is 0 Å². The predicted molar refractivity (Wildman–Crippen MR) is 163 cm³/mol. The largest absolute Gasteiger partial charge is 0.476 e. The second-order valence-electron chi connectivity index (χ2n) is 12.1. The minimum Gasteiger partial charge on any atom is -0.476 e. The van der Waals surface area contributed by atoms with Crippen LogP contribution in [0.5, 0.6) is 17.6 Å². The third-order valence-corrected chi connectivity index (χ3v) is 8.28. The van der Waals surface area contributed by atoms with Crippen LogP contribution in [-0.4, -0.2) is 59.1 Å². The van der Waals surface area contributed by atoms with E-state index in [1.54, 1.807) is 26.2 Å². The number of esters is 1. The lowest BCUT2D eigenvalue weighted by Crippen LogP contribution is -2.32. The Labute approximate surface area is 252 Å². The zero-order chi connectivity index (χ0) is 31.2. The molecule has 0 N–H and O–H groups in total. The molecule has 3 heterocycles. The lowest BCUT2D eigenvalue weighted by molar-refractivity contribution is -0.152. The van der Waals surface area contributed by atoms with Crippen LogP contribution in [0.25, 0.3) is 22.6 Å². The number of aromatic nitrogens is 5. The molecule has 228 valence electrons. The van der Waals surface area contributed by atoms with Crippen LogP contribution in [0, 0.1) is 18.2 Å². The maximum atomic E-state index is 13.4. The third kappa shape index (κ3) is 8.68. The summed E-state index contributed by atoms with van der Waals surface area (Å²) in [6.45, 7) is 13.2. The molecule has 0 unspecified atom stereocenters. The molecule has 0 aliphatic rings. The van der Waals surface area contributed by atoms with Gasteiger partial charge in [-0.25, -0.2) is 9.37 Å². The first-order chi connectivity index (χ1) is 20.3. The van der Waals surface area contributed by atoms with E-state index in [0.29, 0.717) is 29.8 Å². The van der Waals surface area contributed by atoms with Gasteiger partial charge in [0.15, 0.2) is 0 Å². The van der Waals surface area contributed by atoms with E-state index >= 15 is 0 Å². The molecule has 0 atom stereocenters. The molecule has 4 aromatic rings. The number of rotatable bonds is 13. The maximum Gasteiger partial charge on any atom is 0.323 e. The molecular weight excluding hydrogens is 569 g/mol. The summed E-state index contributed by atoms with van der Waals surface area (Å²) in [6, 6.07) is 12.5. The summed E-state index contributed by atoms with van der Waals surface area (Å²) in [6.07, 6.45) is 3.44. The molecule has 0 spiro atoms. The average Bonchev–Trinajstić information content (AvgIpc) is 3.37. The highest BCUT2D eigenvalue weighted by Crippen LogP contribution is 2.28. The second-order valence-corrected chi connectivity index (χ2v) is 17.7. The number of halogens is 1. The third-order valence-electron chi connectivity index (χ3n) is 6.58. The molecule has 1 aromatic carbocycles. The van der Waals surface area contributed by atoms with Gasteiger partial charge in [-0.15, -0.1) is 5.10 Å². The quantitative estimate of drug-likeness (QED) is 0.0951. The Bertz CT molecular complexity index is 1540. The summed E-state index contributed by atoms with van der Waals surface area (Å²) in [5.41, 5.74) is 2.42. The van der Waals surface area contributed by atoms with Crippen LogP contribution in [-0.2, 0) is 21.0 Å². The highest BCUT2D eigenvalue weighted by atomic mass is 28.3. The van der Waals surface area contributed by atoms with Gasteiger partial charge in [0.1, 0.15) is 30.6 Å². The van der Waals surface area contributed by atoms with Crippen LogP contribution in [0.3, 0.4) is 0 Å². The van der Waals surface area contributed by atoms with Gasteiger partial charge in [0.05, 0.1) is 12.5 Å². The second kappa shape index (κ2) is 13.4. The van der Waals surface area contributed by atoms with E-state index in [1.165, 1.54) is 36.1 Å². The first kappa shape index (κ1) is 31.8. The lowest BCUT2D eigenvalue weighted by atomic mass is 9.95. The number of ether oxygens (including phenoxy) is 4. The Morgan fingerprint density at radius 1 is 1.05 bits per heavy atom. The molecule has 10 nitrogen and oxygen atoms in total. The molecule has 0 radical (unpaired) electrons. The van der Waals surface area contributed by atoms with Crippen LogP contribution in [0.15, 0.2) is 54.9 Å². The van der Waals surface area contributed by atoms with Crippen molar-refractivity contribution in [3.63, 3.8) is 0 Å². The molecule has 4 rings (SSSR count). The van der Waals surface area contributed by atoms with E-state index in [9.17, 15) is 9.18 Å². The SMILES string of the molecule is COC(=O)C(C)(C)COc1cc(C)c(-c2ccc(-c3nc(Oc4ccc(F)cc4)n(COCC[Si](C)(C)C)n3)nc2)cn1. The van der Waals surface area contributed by atoms with Gasteiger partial charge in [-0.05, 0) is 62.7 Å². The summed E-state index contributed by atoms with van der Waals surface area (Å²) in [5.74, 6) is 0.498. The van der Waals surface area contributed by atoms with Crippen molar-refractivity contribution >= 4 is 14.0 Å². The normalized spacial score (nSPS) is 11.8. The fourth-order valence-corrected chi connectivity index (χ4v) is 4.68. The summed E-state index contributed by atoms with van der Waals surface area (Å²) >= 11 is 0. The van der Waals surface area contributed by atoms with E-state index in [2.05, 4.69) is 39.7 Å². The Hall–Kier alpha value is -4.16. The van der Waals surface area contributed by atoms with Gasteiger partial charge >= 0.3 is 12.0 Å². The van der Waals surface area contributed by atoms with Gasteiger partial charge in [0, 0.05) is 44.3 Å². The van der Waals surface area contributed by atoms with Crippen molar-refractivity contribution in [2.75, 3.05) is 20.3 Å². The van der Waals surface area contributed by atoms with Crippen molar-refractivity contribution in [3.05, 3.63) is 66.2 Å². The molecule has 0 amide bonds. The van der Waals surface area contributed by atoms with Crippen LogP contribution in [0.4, 0.5) is 4.39 Å². The van der Waals surface area contributed by atoms with Crippen LogP contribution >= 0.6 is 0 Å². The number of pyridine rings is 2. The minimum absolute atomic E-state index is 0.136. The van der Waals surface area contributed by atoms with Gasteiger partial charge in [0.2, 0.25) is 11.7 Å².